The normalized spacial score (nSPS) is 13.9. The van der Waals surface area contributed by atoms with Crippen molar-refractivity contribution in [2.75, 3.05) is 16.3 Å². The predicted octanol–water partition coefficient (Wildman–Crippen LogP) is -4.51. The topological polar surface area (TPSA) is 185 Å². The van der Waals surface area contributed by atoms with E-state index < -0.39 is 40.1 Å². The summed E-state index contributed by atoms with van der Waals surface area (Å²) in [6.45, 7) is 0. The molecule has 0 aromatic heterocycles. The second-order valence-electron chi connectivity index (χ2n) is 7.49. The molecule has 1 aliphatic rings. The number of benzene rings is 2. The molecule has 0 spiro atoms. The van der Waals surface area contributed by atoms with Crippen LogP contribution in [0.2, 0.25) is 0 Å². The Morgan fingerprint density at radius 1 is 0.861 bits per heavy atom. The number of hydrogen-bond donors (Lipinski definition) is 3. The summed E-state index contributed by atoms with van der Waals surface area (Å²) >= 11 is 5.14. The first-order valence-corrected chi connectivity index (χ1v) is 14.7. The van der Waals surface area contributed by atoms with Gasteiger partial charge in [-0.1, -0.05) is 24.3 Å². The maximum atomic E-state index is 11.8. The van der Waals surface area contributed by atoms with Gasteiger partial charge in [-0.3, -0.25) is 4.72 Å². The van der Waals surface area contributed by atoms with E-state index >= 15 is 0 Å². The van der Waals surface area contributed by atoms with Crippen molar-refractivity contribution < 1.29 is 93.5 Å². The number of hydrogen-bond acceptors (Lipinski definition) is 9. The van der Waals surface area contributed by atoms with Gasteiger partial charge in [-0.2, -0.15) is 0 Å². The zero-order valence-corrected chi connectivity index (χ0v) is 26.8. The van der Waals surface area contributed by atoms with Gasteiger partial charge in [0.05, 0.1) is 16.0 Å². The van der Waals surface area contributed by atoms with E-state index in [0.29, 0.717) is 0 Å². The first-order valence-electron chi connectivity index (χ1n) is 9.55. The molecule has 2 aromatic rings. The third-order valence-corrected chi connectivity index (χ3v) is 7.09. The van der Waals surface area contributed by atoms with Gasteiger partial charge in [0.25, 0.3) is 0 Å². The van der Waals surface area contributed by atoms with Crippen molar-refractivity contribution >= 4 is 71.1 Å². The summed E-state index contributed by atoms with van der Waals surface area (Å²) in [4.78, 5) is -1.33. The van der Waals surface area contributed by atoms with Crippen molar-refractivity contribution in [2.24, 2.45) is 0 Å². The van der Waals surface area contributed by atoms with Gasteiger partial charge in [0, 0.05) is 17.4 Å². The summed E-state index contributed by atoms with van der Waals surface area (Å²) in [5.41, 5.74) is -0.0960. The molecule has 0 atom stereocenters. The van der Waals surface area contributed by atoms with Gasteiger partial charge < -0.3 is 19.7 Å². The second kappa shape index (κ2) is 13.0. The Labute approximate surface area is 259 Å². The first-order chi connectivity index (χ1) is 15.6. The molecule has 3 rings (SSSR count). The molecule has 0 amide bonds. The summed E-state index contributed by atoms with van der Waals surface area (Å²) in [6.07, 6.45) is 5.08. The Balaban J connectivity index is 0.00000324. The zero-order valence-electron chi connectivity index (χ0n) is 19.5. The van der Waals surface area contributed by atoms with E-state index in [9.17, 15) is 34.4 Å². The number of anilines is 2. The van der Waals surface area contributed by atoms with Gasteiger partial charge in [-0.05, 0) is 60.5 Å². The third kappa shape index (κ3) is 10.3. The predicted molar refractivity (Wildman–Crippen MR) is 129 cm³/mol. The average Bonchev–Trinajstić information content (AvgIpc) is 3.48. The minimum atomic E-state index is -5.03. The van der Waals surface area contributed by atoms with Gasteiger partial charge in [0.15, 0.2) is 5.11 Å². The van der Waals surface area contributed by atoms with Gasteiger partial charge in [0.2, 0.25) is 10.0 Å². The van der Waals surface area contributed by atoms with Gasteiger partial charge in [-0.25, -0.2) is 25.3 Å². The molecule has 0 saturated heterocycles. The maximum Gasteiger partial charge on any atom is 1.00 e. The van der Waals surface area contributed by atoms with Crippen molar-refractivity contribution in [3.63, 3.8) is 0 Å². The molecule has 36 heavy (non-hydrogen) atoms. The molecule has 0 bridgehead atoms. The van der Waals surface area contributed by atoms with E-state index in [1.54, 1.807) is 0 Å². The maximum absolute atomic E-state index is 11.8. The van der Waals surface area contributed by atoms with E-state index in [1.165, 1.54) is 18.2 Å². The summed E-state index contributed by atoms with van der Waals surface area (Å²) in [7, 11) is -13.7. The van der Waals surface area contributed by atoms with Crippen LogP contribution in [-0.2, 0) is 30.3 Å². The Kier molecular flexibility index (Phi) is 12.1. The van der Waals surface area contributed by atoms with Crippen LogP contribution < -0.4 is 74.5 Å². The third-order valence-electron chi connectivity index (χ3n) is 4.48. The zero-order chi connectivity index (χ0) is 25.3. The van der Waals surface area contributed by atoms with E-state index in [2.05, 4.69) is 15.4 Å². The standard InChI is InChI=1S/C19H21N3O8S4.2Na/c1-32(23,24)22-16-7-5-13(18(11-16)34(28,29)30)3-2-12-4-6-15(10-17(12)33(25,26)27)21-19(31)20-14-8-9-14;;/h2-7,10-11,14,22H,8-9H2,1H3,(H2,20,21,31)(H,25,26,27)(H,28,29,30);;/q;2*+1/p-2. The SMILES string of the molecule is CS(=O)(=O)Nc1ccc(C=Cc2ccc(NC(=S)NC3CC3)cc2S(=O)(=O)[O-])c(S(=O)(=O)[O-])c1.[Na+].[Na+]. The Morgan fingerprint density at radius 3 is 1.72 bits per heavy atom. The van der Waals surface area contributed by atoms with Crippen LogP contribution in [0.3, 0.4) is 0 Å². The second-order valence-corrected chi connectivity index (χ2v) is 12.3. The van der Waals surface area contributed by atoms with Crippen LogP contribution in [0.1, 0.15) is 24.0 Å². The van der Waals surface area contributed by atoms with Crippen LogP contribution in [0.4, 0.5) is 11.4 Å². The molecule has 0 heterocycles. The quantitative estimate of drug-likeness (QED) is 0.116. The van der Waals surface area contributed by atoms with E-state index in [4.69, 9.17) is 12.2 Å². The van der Waals surface area contributed by atoms with Crippen molar-refractivity contribution in [1.29, 1.82) is 0 Å². The van der Waals surface area contributed by atoms with E-state index in [1.807, 2.05) is 0 Å². The fraction of sp³-hybridized carbons (Fsp3) is 0.211. The molecule has 1 aliphatic carbocycles. The summed E-state index contributed by atoms with van der Waals surface area (Å²) in [5, 5.41) is 6.08. The fourth-order valence-electron chi connectivity index (χ4n) is 2.89. The summed E-state index contributed by atoms with van der Waals surface area (Å²) in [5.74, 6) is 0. The molecular formula is C19H19N3Na2O8S4. The largest absolute Gasteiger partial charge is 1.00 e. The number of rotatable bonds is 8. The van der Waals surface area contributed by atoms with Crippen molar-refractivity contribution in [3.05, 3.63) is 47.5 Å². The molecule has 0 radical (unpaired) electrons. The average molecular weight is 592 g/mol. The Morgan fingerprint density at radius 2 is 1.31 bits per heavy atom. The van der Waals surface area contributed by atoms with Crippen molar-refractivity contribution in [2.45, 2.75) is 28.7 Å². The van der Waals surface area contributed by atoms with Crippen LogP contribution >= 0.6 is 12.2 Å². The Hall–Kier alpha value is -0.560. The molecule has 1 saturated carbocycles. The number of thiocarbonyl (C=S) groups is 1. The van der Waals surface area contributed by atoms with E-state index in [0.717, 1.165) is 49.4 Å². The van der Waals surface area contributed by atoms with Gasteiger partial charge in [-0.15, -0.1) is 0 Å². The minimum absolute atomic E-state index is 0. The molecule has 3 N–H and O–H groups in total. The van der Waals surface area contributed by atoms with Crippen molar-refractivity contribution in [3.8, 4) is 0 Å². The van der Waals surface area contributed by atoms with Gasteiger partial charge >= 0.3 is 59.1 Å². The summed E-state index contributed by atoms with van der Waals surface area (Å²) < 4.78 is 95.4. The fourth-order valence-corrected chi connectivity index (χ4v) is 5.12. The van der Waals surface area contributed by atoms with Crippen molar-refractivity contribution in [1.82, 2.24) is 5.32 Å². The van der Waals surface area contributed by atoms with Gasteiger partial charge in [0.1, 0.15) is 20.2 Å². The molecular weight excluding hydrogens is 572 g/mol. The molecule has 0 unspecified atom stereocenters. The summed E-state index contributed by atoms with van der Waals surface area (Å²) in [6, 6.07) is 7.37. The van der Waals surface area contributed by atoms with Crippen LogP contribution in [0, 0.1) is 0 Å². The number of sulfonamides is 1. The monoisotopic (exact) mass is 591 g/mol. The molecule has 17 heteroatoms. The van der Waals surface area contributed by atoms with E-state index in [-0.39, 0.29) is 92.8 Å². The minimum Gasteiger partial charge on any atom is -0.744 e. The van der Waals surface area contributed by atoms with Crippen LogP contribution in [0.15, 0.2) is 46.2 Å². The van der Waals surface area contributed by atoms with Crippen LogP contribution in [0.5, 0.6) is 0 Å². The molecule has 2 aromatic carbocycles. The molecule has 1 fully saturated rings. The molecule has 11 nitrogen and oxygen atoms in total. The Bertz CT molecular complexity index is 1490. The van der Waals surface area contributed by atoms with Crippen LogP contribution in [-0.4, -0.2) is 51.8 Å². The van der Waals surface area contributed by atoms with Crippen LogP contribution in [0.25, 0.3) is 12.2 Å². The molecule has 0 aliphatic heterocycles. The first kappa shape index (κ1) is 33.5. The molecule has 184 valence electrons. The smallest absolute Gasteiger partial charge is 0.744 e. The number of nitrogens with one attached hydrogen (secondary N) is 3.